The number of piperazine rings is 1. The molecule has 1 N–H and O–H groups in total. The number of likely N-dealkylation sites (tertiary alicyclic amines) is 1. The van der Waals surface area contributed by atoms with E-state index in [1.807, 2.05) is 11.0 Å². The van der Waals surface area contributed by atoms with E-state index in [0.717, 1.165) is 51.3 Å². The summed E-state index contributed by atoms with van der Waals surface area (Å²) in [5.41, 5.74) is 0.926. The first-order valence-electron chi connectivity index (χ1n) is 8.59. The van der Waals surface area contributed by atoms with Crippen LogP contribution in [0.25, 0.3) is 0 Å². The molecule has 138 valence electrons. The van der Waals surface area contributed by atoms with Gasteiger partial charge in [0.15, 0.2) is 0 Å². The second kappa shape index (κ2) is 9.12. The van der Waals surface area contributed by atoms with Gasteiger partial charge in [-0.25, -0.2) is 0 Å². The van der Waals surface area contributed by atoms with Crippen LogP contribution in [0.1, 0.15) is 18.4 Å². The number of nitro groups is 1. The first-order chi connectivity index (χ1) is 11.6. The lowest BCUT2D eigenvalue weighted by molar-refractivity contribution is -0.384. The molecular formula is C17H25ClN4O3. The molecule has 2 fully saturated rings. The minimum atomic E-state index is -0.399. The van der Waals surface area contributed by atoms with Gasteiger partial charge in [-0.2, -0.15) is 0 Å². The highest BCUT2D eigenvalue weighted by molar-refractivity contribution is 5.85. The summed E-state index contributed by atoms with van der Waals surface area (Å²) in [6.45, 7) is 5.80. The summed E-state index contributed by atoms with van der Waals surface area (Å²) < 4.78 is 0. The van der Waals surface area contributed by atoms with E-state index in [4.69, 9.17) is 0 Å². The summed E-state index contributed by atoms with van der Waals surface area (Å²) in [7, 11) is 0. The fraction of sp³-hybridized carbons (Fsp3) is 0.588. The van der Waals surface area contributed by atoms with Gasteiger partial charge in [-0.3, -0.25) is 19.8 Å². The maximum absolute atomic E-state index is 12.4. The van der Waals surface area contributed by atoms with E-state index in [9.17, 15) is 14.9 Å². The van der Waals surface area contributed by atoms with Gasteiger partial charge in [0.1, 0.15) is 0 Å². The third-order valence-electron chi connectivity index (χ3n) is 4.93. The Morgan fingerprint density at radius 2 is 2.04 bits per heavy atom. The van der Waals surface area contributed by atoms with Crippen LogP contribution in [0.5, 0.6) is 0 Å². The molecule has 0 spiro atoms. The van der Waals surface area contributed by atoms with Gasteiger partial charge in [-0.15, -0.1) is 12.4 Å². The second-order valence-corrected chi connectivity index (χ2v) is 6.50. The second-order valence-electron chi connectivity index (χ2n) is 6.50. The molecule has 0 radical (unpaired) electrons. The van der Waals surface area contributed by atoms with Crippen molar-refractivity contribution in [2.75, 3.05) is 39.3 Å². The summed E-state index contributed by atoms with van der Waals surface area (Å²) in [6.07, 6.45) is 2.01. The third kappa shape index (κ3) is 5.14. The highest BCUT2D eigenvalue weighted by atomic mass is 35.5. The number of carbonyl (C=O) groups is 1. The van der Waals surface area contributed by atoms with E-state index in [-0.39, 0.29) is 24.0 Å². The van der Waals surface area contributed by atoms with Crippen molar-refractivity contribution in [2.45, 2.75) is 25.3 Å². The van der Waals surface area contributed by atoms with Crippen LogP contribution in [0.15, 0.2) is 24.3 Å². The van der Waals surface area contributed by atoms with Gasteiger partial charge in [-0.05, 0) is 18.4 Å². The number of halogens is 1. The molecule has 25 heavy (non-hydrogen) atoms. The van der Waals surface area contributed by atoms with Crippen molar-refractivity contribution in [3.05, 3.63) is 39.9 Å². The van der Waals surface area contributed by atoms with E-state index in [1.165, 1.54) is 6.07 Å². The zero-order valence-electron chi connectivity index (χ0n) is 14.2. The molecule has 2 aliphatic rings. The molecule has 0 bridgehead atoms. The van der Waals surface area contributed by atoms with Crippen molar-refractivity contribution in [1.29, 1.82) is 0 Å². The summed E-state index contributed by atoms with van der Waals surface area (Å²) in [4.78, 5) is 27.3. The number of rotatable bonds is 5. The Morgan fingerprint density at radius 1 is 1.28 bits per heavy atom. The molecule has 0 aromatic heterocycles. The SMILES string of the molecule is Cl.O=C(CCc1cccc([N+](=O)[O-])c1)N1CCC(N2CCNCC2)C1. The Hall–Kier alpha value is -1.70. The standard InChI is InChI=1S/C17H24N4O3.ClH/c22-17(5-4-14-2-1-3-15(12-14)21(23)24)20-9-6-16(13-20)19-10-7-18-8-11-19;/h1-3,12,16,18H,4-11,13H2;1H. The van der Waals surface area contributed by atoms with Gasteiger partial charge < -0.3 is 10.2 Å². The van der Waals surface area contributed by atoms with Crippen LogP contribution in [0.2, 0.25) is 0 Å². The molecular weight excluding hydrogens is 344 g/mol. The summed E-state index contributed by atoms with van der Waals surface area (Å²) in [5.74, 6) is 0.152. The fourth-order valence-corrected chi connectivity index (χ4v) is 3.55. The molecule has 3 rings (SSSR count). The number of benzene rings is 1. The number of aryl methyl sites for hydroxylation is 1. The smallest absolute Gasteiger partial charge is 0.269 e. The maximum atomic E-state index is 12.4. The predicted octanol–water partition coefficient (Wildman–Crippen LogP) is 1.46. The van der Waals surface area contributed by atoms with E-state index < -0.39 is 4.92 Å². The van der Waals surface area contributed by atoms with Crippen LogP contribution >= 0.6 is 12.4 Å². The average Bonchev–Trinajstić information content (AvgIpc) is 3.11. The summed E-state index contributed by atoms with van der Waals surface area (Å²) in [6, 6.07) is 7.03. The number of amides is 1. The van der Waals surface area contributed by atoms with Crippen LogP contribution in [0, 0.1) is 10.1 Å². The van der Waals surface area contributed by atoms with Crippen molar-refractivity contribution in [2.24, 2.45) is 0 Å². The van der Waals surface area contributed by atoms with Crippen LogP contribution in [0.4, 0.5) is 5.69 Å². The number of hydrogen-bond donors (Lipinski definition) is 1. The number of nitrogens with zero attached hydrogens (tertiary/aromatic N) is 3. The van der Waals surface area contributed by atoms with Crippen LogP contribution < -0.4 is 5.32 Å². The molecule has 2 aliphatic heterocycles. The Bertz CT molecular complexity index is 607. The van der Waals surface area contributed by atoms with Crippen molar-refractivity contribution in [3.63, 3.8) is 0 Å². The molecule has 1 amide bonds. The molecule has 0 aliphatic carbocycles. The minimum absolute atomic E-state index is 0. The lowest BCUT2D eigenvalue weighted by Gasteiger charge is -2.32. The van der Waals surface area contributed by atoms with Crippen molar-refractivity contribution >= 4 is 24.0 Å². The Kier molecular flexibility index (Phi) is 7.16. The van der Waals surface area contributed by atoms with Crippen LogP contribution in [-0.2, 0) is 11.2 Å². The highest BCUT2D eigenvalue weighted by Crippen LogP contribution is 2.19. The molecule has 2 saturated heterocycles. The normalized spacial score (nSPS) is 21.0. The number of nitrogens with one attached hydrogen (secondary N) is 1. The number of non-ortho nitro benzene ring substituents is 1. The molecule has 8 heteroatoms. The maximum Gasteiger partial charge on any atom is 0.269 e. The Morgan fingerprint density at radius 3 is 2.76 bits per heavy atom. The predicted molar refractivity (Wildman–Crippen MR) is 98.1 cm³/mol. The lowest BCUT2D eigenvalue weighted by atomic mass is 10.1. The molecule has 0 saturated carbocycles. The van der Waals surface area contributed by atoms with Crippen molar-refractivity contribution in [3.8, 4) is 0 Å². The molecule has 1 atom stereocenters. The molecule has 1 unspecified atom stereocenters. The topological polar surface area (TPSA) is 78.7 Å². The minimum Gasteiger partial charge on any atom is -0.341 e. The number of hydrogen-bond acceptors (Lipinski definition) is 5. The van der Waals surface area contributed by atoms with Gasteiger partial charge >= 0.3 is 0 Å². The quantitative estimate of drug-likeness (QED) is 0.628. The van der Waals surface area contributed by atoms with E-state index in [0.29, 0.717) is 18.9 Å². The average molecular weight is 369 g/mol. The number of carbonyl (C=O) groups excluding carboxylic acids is 1. The van der Waals surface area contributed by atoms with E-state index >= 15 is 0 Å². The molecule has 1 aromatic rings. The van der Waals surface area contributed by atoms with Crippen LogP contribution in [0.3, 0.4) is 0 Å². The third-order valence-corrected chi connectivity index (χ3v) is 4.93. The zero-order chi connectivity index (χ0) is 16.9. The van der Waals surface area contributed by atoms with Crippen molar-refractivity contribution < 1.29 is 9.72 Å². The fourth-order valence-electron chi connectivity index (χ4n) is 3.55. The molecule has 7 nitrogen and oxygen atoms in total. The Labute approximate surface area is 153 Å². The summed E-state index contributed by atoms with van der Waals surface area (Å²) >= 11 is 0. The number of nitro benzene ring substituents is 1. The Balaban J connectivity index is 0.00000225. The van der Waals surface area contributed by atoms with Gasteiger partial charge in [0, 0.05) is 63.9 Å². The lowest BCUT2D eigenvalue weighted by Crippen LogP contribution is -2.49. The molecule has 2 heterocycles. The van der Waals surface area contributed by atoms with Crippen molar-refractivity contribution in [1.82, 2.24) is 15.1 Å². The van der Waals surface area contributed by atoms with Gasteiger partial charge in [0.05, 0.1) is 4.92 Å². The van der Waals surface area contributed by atoms with E-state index in [2.05, 4.69) is 10.2 Å². The summed E-state index contributed by atoms with van der Waals surface area (Å²) in [5, 5.41) is 14.2. The molecule has 1 aromatic carbocycles. The van der Waals surface area contributed by atoms with Crippen LogP contribution in [-0.4, -0.2) is 65.9 Å². The van der Waals surface area contributed by atoms with Gasteiger partial charge in [0.2, 0.25) is 5.91 Å². The monoisotopic (exact) mass is 368 g/mol. The first kappa shape index (κ1) is 19.6. The zero-order valence-corrected chi connectivity index (χ0v) is 15.0. The van der Waals surface area contributed by atoms with Gasteiger partial charge in [-0.1, -0.05) is 12.1 Å². The van der Waals surface area contributed by atoms with Gasteiger partial charge in [0.25, 0.3) is 5.69 Å². The van der Waals surface area contributed by atoms with E-state index in [1.54, 1.807) is 12.1 Å². The first-order valence-corrected chi connectivity index (χ1v) is 8.59. The highest BCUT2D eigenvalue weighted by Gasteiger charge is 2.30. The largest absolute Gasteiger partial charge is 0.341 e.